The first-order valence-corrected chi connectivity index (χ1v) is 9.80. The molecule has 5 atom stereocenters. The minimum atomic E-state index is -0.835. The maximum Gasteiger partial charge on any atom is 0.303 e. The van der Waals surface area contributed by atoms with Crippen LogP contribution in [0.5, 0.6) is 0 Å². The summed E-state index contributed by atoms with van der Waals surface area (Å²) < 4.78 is 0. The number of oxime groups is 1. The van der Waals surface area contributed by atoms with E-state index in [9.17, 15) is 15.0 Å². The molecule has 6 heteroatoms. The Morgan fingerprint density at radius 2 is 2.15 bits per heavy atom. The van der Waals surface area contributed by atoms with Gasteiger partial charge in [-0.2, -0.15) is 0 Å². The predicted molar refractivity (Wildman–Crippen MR) is 98.5 cm³/mol. The van der Waals surface area contributed by atoms with Crippen molar-refractivity contribution in [1.29, 1.82) is 0 Å². The van der Waals surface area contributed by atoms with Crippen LogP contribution < -0.4 is 0 Å². The van der Waals surface area contributed by atoms with Crippen LogP contribution >= 0.6 is 0 Å². The molecular formula is C20H31NO5. The van der Waals surface area contributed by atoms with Crippen molar-refractivity contribution in [2.75, 3.05) is 6.61 Å². The average molecular weight is 365 g/mol. The first kappa shape index (κ1) is 20.7. The highest BCUT2D eigenvalue weighted by Gasteiger charge is 2.51. The second-order valence-corrected chi connectivity index (χ2v) is 7.37. The summed E-state index contributed by atoms with van der Waals surface area (Å²) in [6.45, 7) is 2.45. The largest absolute Gasteiger partial charge is 0.481 e. The SMILES string of the molecule is CCCCCCC(O)C#CC1CC2C(=NOCCCC(=O)O)CC2C1O. The molecule has 3 N–H and O–H groups in total. The molecular weight excluding hydrogens is 334 g/mol. The molecule has 2 fully saturated rings. The molecule has 0 spiro atoms. The Balaban J connectivity index is 1.72. The van der Waals surface area contributed by atoms with E-state index in [-0.39, 0.29) is 24.2 Å². The minimum absolute atomic E-state index is 0.0774. The molecule has 0 amide bonds. The van der Waals surface area contributed by atoms with Gasteiger partial charge in [0.2, 0.25) is 0 Å². The number of hydrogen-bond acceptors (Lipinski definition) is 5. The van der Waals surface area contributed by atoms with E-state index in [0.29, 0.717) is 25.9 Å². The van der Waals surface area contributed by atoms with E-state index in [2.05, 4.69) is 23.9 Å². The maximum absolute atomic E-state index is 10.4. The molecule has 2 aliphatic rings. The molecule has 2 aliphatic carbocycles. The zero-order chi connectivity index (χ0) is 18.9. The monoisotopic (exact) mass is 365 g/mol. The zero-order valence-electron chi connectivity index (χ0n) is 15.6. The molecule has 0 heterocycles. The summed E-state index contributed by atoms with van der Waals surface area (Å²) in [6.07, 6.45) is 6.06. The number of aliphatic hydroxyl groups is 2. The van der Waals surface area contributed by atoms with Gasteiger partial charge in [-0.1, -0.05) is 43.2 Å². The Bertz CT molecular complexity index is 550. The number of unbranched alkanes of at least 4 members (excludes halogenated alkanes) is 3. The fourth-order valence-corrected chi connectivity index (χ4v) is 3.71. The quantitative estimate of drug-likeness (QED) is 0.314. The number of rotatable bonds is 10. The third-order valence-electron chi connectivity index (χ3n) is 5.32. The van der Waals surface area contributed by atoms with Gasteiger partial charge in [0.15, 0.2) is 0 Å². The highest BCUT2D eigenvalue weighted by molar-refractivity contribution is 5.93. The molecule has 0 aromatic heterocycles. The van der Waals surface area contributed by atoms with Crippen LogP contribution in [-0.4, -0.2) is 45.8 Å². The number of hydrogen-bond donors (Lipinski definition) is 3. The summed E-state index contributed by atoms with van der Waals surface area (Å²) in [5.74, 6) is 5.40. The van der Waals surface area contributed by atoms with Gasteiger partial charge >= 0.3 is 5.97 Å². The van der Waals surface area contributed by atoms with E-state index in [4.69, 9.17) is 9.94 Å². The lowest BCUT2D eigenvalue weighted by molar-refractivity contribution is -0.137. The van der Waals surface area contributed by atoms with E-state index in [1.807, 2.05) is 0 Å². The van der Waals surface area contributed by atoms with Crippen molar-refractivity contribution in [2.24, 2.45) is 22.9 Å². The molecule has 146 valence electrons. The molecule has 6 nitrogen and oxygen atoms in total. The molecule has 5 unspecified atom stereocenters. The number of carboxylic acid groups (broad SMARTS) is 1. The molecule has 26 heavy (non-hydrogen) atoms. The van der Waals surface area contributed by atoms with Gasteiger partial charge in [0.1, 0.15) is 12.7 Å². The van der Waals surface area contributed by atoms with Crippen molar-refractivity contribution >= 4 is 11.7 Å². The Morgan fingerprint density at radius 3 is 2.88 bits per heavy atom. The van der Waals surface area contributed by atoms with Crippen molar-refractivity contribution in [3.8, 4) is 11.8 Å². The molecule has 0 aromatic rings. The van der Waals surface area contributed by atoms with Crippen LogP contribution in [0.3, 0.4) is 0 Å². The van der Waals surface area contributed by atoms with E-state index in [0.717, 1.165) is 25.0 Å². The van der Waals surface area contributed by atoms with Crippen LogP contribution in [0.25, 0.3) is 0 Å². The Labute approximate surface area is 155 Å². The Morgan fingerprint density at radius 1 is 1.35 bits per heavy atom. The summed E-state index contributed by atoms with van der Waals surface area (Å²) in [4.78, 5) is 15.6. The molecule has 2 rings (SSSR count). The molecule has 0 saturated heterocycles. The summed E-state index contributed by atoms with van der Waals surface area (Å²) in [7, 11) is 0. The molecule has 0 aromatic carbocycles. The second kappa shape index (κ2) is 10.5. The van der Waals surface area contributed by atoms with Gasteiger partial charge in [-0.25, -0.2) is 0 Å². The Kier molecular flexibility index (Phi) is 8.40. The van der Waals surface area contributed by atoms with Crippen LogP contribution in [0.1, 0.15) is 64.7 Å². The van der Waals surface area contributed by atoms with Gasteiger partial charge < -0.3 is 20.2 Å². The third-order valence-corrected chi connectivity index (χ3v) is 5.32. The maximum atomic E-state index is 10.4. The van der Waals surface area contributed by atoms with E-state index >= 15 is 0 Å². The van der Waals surface area contributed by atoms with Crippen molar-refractivity contribution in [2.45, 2.75) is 76.9 Å². The first-order valence-electron chi connectivity index (χ1n) is 9.80. The minimum Gasteiger partial charge on any atom is -0.481 e. The summed E-state index contributed by atoms with van der Waals surface area (Å²) in [5, 5.41) is 33.0. The highest BCUT2D eigenvalue weighted by Crippen LogP contribution is 2.47. The summed E-state index contributed by atoms with van der Waals surface area (Å²) in [5.41, 5.74) is 0.939. The zero-order valence-corrected chi connectivity index (χ0v) is 15.6. The van der Waals surface area contributed by atoms with Gasteiger partial charge in [0.25, 0.3) is 0 Å². The predicted octanol–water partition coefficient (Wildman–Crippen LogP) is 2.58. The van der Waals surface area contributed by atoms with Crippen LogP contribution in [0, 0.1) is 29.6 Å². The van der Waals surface area contributed by atoms with Gasteiger partial charge in [-0.3, -0.25) is 4.79 Å². The molecule has 0 bridgehead atoms. The van der Waals surface area contributed by atoms with Crippen LogP contribution in [0.4, 0.5) is 0 Å². The topological polar surface area (TPSA) is 99.4 Å². The number of nitrogens with zero attached hydrogens (tertiary/aromatic N) is 1. The number of carbonyl (C=O) groups is 1. The van der Waals surface area contributed by atoms with E-state index in [1.54, 1.807) is 0 Å². The van der Waals surface area contributed by atoms with Crippen LogP contribution in [0.2, 0.25) is 0 Å². The van der Waals surface area contributed by atoms with Crippen LogP contribution in [0.15, 0.2) is 5.16 Å². The smallest absolute Gasteiger partial charge is 0.303 e. The van der Waals surface area contributed by atoms with Gasteiger partial charge in [-0.15, -0.1) is 0 Å². The second-order valence-electron chi connectivity index (χ2n) is 7.37. The normalized spacial score (nSPS) is 29.4. The van der Waals surface area contributed by atoms with Crippen molar-refractivity contribution in [1.82, 2.24) is 0 Å². The van der Waals surface area contributed by atoms with Gasteiger partial charge in [0.05, 0.1) is 11.8 Å². The molecule has 0 aliphatic heterocycles. The lowest BCUT2D eigenvalue weighted by Gasteiger charge is -2.33. The van der Waals surface area contributed by atoms with Gasteiger partial charge in [0, 0.05) is 18.3 Å². The highest BCUT2D eigenvalue weighted by atomic mass is 16.6. The van der Waals surface area contributed by atoms with Crippen LogP contribution in [-0.2, 0) is 9.63 Å². The van der Waals surface area contributed by atoms with Crippen molar-refractivity contribution < 1.29 is 25.0 Å². The average Bonchev–Trinajstić information content (AvgIpc) is 2.83. The van der Waals surface area contributed by atoms with Crippen molar-refractivity contribution in [3.05, 3.63) is 0 Å². The van der Waals surface area contributed by atoms with E-state index < -0.39 is 18.2 Å². The van der Waals surface area contributed by atoms with Crippen molar-refractivity contribution in [3.63, 3.8) is 0 Å². The fourth-order valence-electron chi connectivity index (χ4n) is 3.71. The number of fused-ring (bicyclic) bond motifs is 1. The molecule has 2 saturated carbocycles. The lowest BCUT2D eigenvalue weighted by Crippen LogP contribution is -2.38. The number of aliphatic carboxylic acids is 1. The van der Waals surface area contributed by atoms with E-state index in [1.165, 1.54) is 12.8 Å². The first-order chi connectivity index (χ1) is 12.5. The third kappa shape index (κ3) is 6.00. The number of aliphatic hydroxyl groups excluding tert-OH is 2. The number of carboxylic acids is 1. The summed E-state index contributed by atoms with van der Waals surface area (Å²) in [6, 6.07) is 0. The Hall–Kier alpha value is -1.58. The lowest BCUT2D eigenvalue weighted by atomic mass is 9.73. The standard InChI is InChI=1S/C20H31NO5/c1-2-3-4-5-7-15(22)10-9-14-12-16-17(20(14)25)13-18(16)21-26-11-6-8-19(23)24/h14-17,20,22,25H,2-8,11-13H2,1H3,(H,23,24). The van der Waals surface area contributed by atoms with Gasteiger partial charge in [-0.05, 0) is 38.0 Å². The fraction of sp³-hybridized carbons (Fsp3) is 0.800. The summed E-state index contributed by atoms with van der Waals surface area (Å²) >= 11 is 0. The molecule has 0 radical (unpaired) electrons.